The third kappa shape index (κ3) is 3.82. The number of rotatable bonds is 4. The molecule has 0 fully saturated rings. The average Bonchev–Trinajstić information content (AvgIpc) is 2.59. The highest BCUT2D eigenvalue weighted by molar-refractivity contribution is 5.84. The third-order valence-electron chi connectivity index (χ3n) is 4.30. The molecule has 0 atom stereocenters. The van der Waals surface area contributed by atoms with Gasteiger partial charge in [0.2, 0.25) is 0 Å². The van der Waals surface area contributed by atoms with E-state index in [0.717, 1.165) is 22.1 Å². The Balaban J connectivity index is 1.93. The van der Waals surface area contributed by atoms with E-state index in [-0.39, 0.29) is 11.5 Å². The third-order valence-corrected chi connectivity index (χ3v) is 4.30. The van der Waals surface area contributed by atoms with Gasteiger partial charge in [-0.25, -0.2) is 4.79 Å². The molecule has 3 heteroatoms. The lowest BCUT2D eigenvalue weighted by Crippen LogP contribution is -2.07. The molecule has 128 valence electrons. The van der Waals surface area contributed by atoms with Gasteiger partial charge in [0, 0.05) is 31.2 Å². The monoisotopic (exact) mass is 333 g/mol. The summed E-state index contributed by atoms with van der Waals surface area (Å²) < 4.78 is 5.39. The lowest BCUT2D eigenvalue weighted by molar-refractivity contribution is 0.557. The zero-order valence-electron chi connectivity index (χ0n) is 15.1. The highest BCUT2D eigenvalue weighted by Crippen LogP contribution is 2.25. The van der Waals surface area contributed by atoms with Crippen molar-refractivity contribution in [3.63, 3.8) is 0 Å². The van der Waals surface area contributed by atoms with Crippen LogP contribution in [0.2, 0.25) is 0 Å². The van der Waals surface area contributed by atoms with Crippen molar-refractivity contribution < 1.29 is 4.42 Å². The van der Waals surface area contributed by atoms with Crippen LogP contribution in [0.1, 0.15) is 36.5 Å². The number of benzene rings is 2. The van der Waals surface area contributed by atoms with Crippen LogP contribution < -0.4 is 10.5 Å². The van der Waals surface area contributed by atoms with Crippen molar-refractivity contribution >= 4 is 28.8 Å². The second-order valence-corrected chi connectivity index (χ2v) is 6.75. The second kappa shape index (κ2) is 6.98. The van der Waals surface area contributed by atoms with Crippen LogP contribution in [0.15, 0.2) is 57.7 Å². The molecule has 1 aromatic heterocycles. The van der Waals surface area contributed by atoms with Crippen molar-refractivity contribution in [1.82, 2.24) is 0 Å². The van der Waals surface area contributed by atoms with Crippen molar-refractivity contribution in [1.29, 1.82) is 0 Å². The molecule has 3 aromatic rings. The summed E-state index contributed by atoms with van der Waals surface area (Å²) in [4.78, 5) is 13.9. The molecule has 0 saturated heterocycles. The first-order valence-electron chi connectivity index (χ1n) is 8.47. The molecular weight excluding hydrogens is 310 g/mol. The minimum Gasteiger partial charge on any atom is -0.423 e. The van der Waals surface area contributed by atoms with Crippen LogP contribution in [0.5, 0.6) is 0 Å². The second-order valence-electron chi connectivity index (χ2n) is 6.75. The predicted molar refractivity (Wildman–Crippen MR) is 106 cm³/mol. The van der Waals surface area contributed by atoms with Crippen molar-refractivity contribution in [3.05, 3.63) is 75.6 Å². The van der Waals surface area contributed by atoms with Gasteiger partial charge in [0.1, 0.15) is 5.58 Å². The van der Waals surface area contributed by atoms with Crippen LogP contribution in [0.25, 0.3) is 23.1 Å². The van der Waals surface area contributed by atoms with E-state index in [0.29, 0.717) is 5.58 Å². The Kier molecular flexibility index (Phi) is 4.75. The normalized spacial score (nSPS) is 11.6. The summed E-state index contributed by atoms with van der Waals surface area (Å²) in [6.45, 7) is 4.17. The molecule has 3 nitrogen and oxygen atoms in total. The molecule has 1 heterocycles. The summed E-state index contributed by atoms with van der Waals surface area (Å²) in [7, 11) is 4.05. The molecule has 0 aliphatic carbocycles. The maximum atomic E-state index is 11.8. The van der Waals surface area contributed by atoms with Gasteiger partial charge in [0.25, 0.3) is 0 Å². The summed E-state index contributed by atoms with van der Waals surface area (Å²) in [5.74, 6) is 0.281. The highest BCUT2D eigenvalue weighted by atomic mass is 16.4. The largest absolute Gasteiger partial charge is 0.423 e. The van der Waals surface area contributed by atoms with Crippen LogP contribution in [-0.4, -0.2) is 14.1 Å². The summed E-state index contributed by atoms with van der Waals surface area (Å²) in [6, 6.07) is 16.0. The van der Waals surface area contributed by atoms with E-state index in [4.69, 9.17) is 4.42 Å². The fraction of sp³-hybridized carbons (Fsp3) is 0.227. The number of nitrogens with zero attached hydrogens (tertiary/aromatic N) is 1. The van der Waals surface area contributed by atoms with E-state index in [1.165, 1.54) is 5.69 Å². The van der Waals surface area contributed by atoms with E-state index >= 15 is 0 Å². The quantitative estimate of drug-likeness (QED) is 0.489. The molecule has 3 rings (SSSR count). The van der Waals surface area contributed by atoms with Gasteiger partial charge in [-0.3, -0.25) is 0 Å². The number of fused-ring (bicyclic) bond motifs is 1. The van der Waals surface area contributed by atoms with Crippen LogP contribution >= 0.6 is 0 Å². The molecule has 0 bridgehead atoms. The average molecular weight is 333 g/mol. The zero-order chi connectivity index (χ0) is 18.0. The van der Waals surface area contributed by atoms with Gasteiger partial charge in [-0.1, -0.05) is 50.3 Å². The maximum absolute atomic E-state index is 11.8. The first kappa shape index (κ1) is 17.0. The Bertz CT molecular complexity index is 963. The van der Waals surface area contributed by atoms with Crippen molar-refractivity contribution in [2.75, 3.05) is 19.0 Å². The van der Waals surface area contributed by atoms with E-state index in [1.807, 2.05) is 32.3 Å². The molecule has 0 aliphatic heterocycles. The number of hydrogen-bond donors (Lipinski definition) is 0. The Morgan fingerprint density at radius 1 is 0.920 bits per heavy atom. The fourth-order valence-corrected chi connectivity index (χ4v) is 2.86. The molecule has 25 heavy (non-hydrogen) atoms. The summed E-state index contributed by atoms with van der Waals surface area (Å²) in [5.41, 5.74) is 4.68. The van der Waals surface area contributed by atoms with E-state index in [9.17, 15) is 4.79 Å². The highest BCUT2D eigenvalue weighted by Gasteiger charge is 2.09. The van der Waals surface area contributed by atoms with E-state index in [1.54, 1.807) is 6.07 Å². The van der Waals surface area contributed by atoms with Crippen LogP contribution in [0, 0.1) is 0 Å². The van der Waals surface area contributed by atoms with Crippen LogP contribution in [0.4, 0.5) is 5.69 Å². The predicted octanol–water partition coefficient (Wildman–Crippen LogP) is 5.15. The summed E-state index contributed by atoms with van der Waals surface area (Å²) >= 11 is 0. The van der Waals surface area contributed by atoms with Gasteiger partial charge in [0.15, 0.2) is 0 Å². The maximum Gasteiger partial charge on any atom is 0.336 e. The molecule has 0 radical (unpaired) electrons. The first-order valence-corrected chi connectivity index (χ1v) is 8.47. The van der Waals surface area contributed by atoms with Crippen LogP contribution in [-0.2, 0) is 0 Å². The fourth-order valence-electron chi connectivity index (χ4n) is 2.86. The summed E-state index contributed by atoms with van der Waals surface area (Å²) in [5, 5.41) is 1.00. The molecule has 0 amide bonds. The van der Waals surface area contributed by atoms with Gasteiger partial charge in [-0.2, -0.15) is 0 Å². The molecule has 0 spiro atoms. The zero-order valence-corrected chi connectivity index (χ0v) is 15.1. The molecule has 0 saturated carbocycles. The van der Waals surface area contributed by atoms with Gasteiger partial charge in [-0.05, 0) is 40.8 Å². The minimum atomic E-state index is -0.295. The lowest BCUT2D eigenvalue weighted by Gasteiger charge is -2.11. The topological polar surface area (TPSA) is 33.5 Å². The summed E-state index contributed by atoms with van der Waals surface area (Å²) in [6.07, 6.45) is 4.09. The SMILES string of the molecule is CC(C)c1cc(=O)oc2cc(/C=C/c3ccc(N(C)C)cc3)ccc12. The molecular formula is C22H23NO2. The van der Waals surface area contributed by atoms with Crippen molar-refractivity contribution in [2.45, 2.75) is 19.8 Å². The van der Waals surface area contributed by atoms with Crippen molar-refractivity contribution in [2.24, 2.45) is 0 Å². The lowest BCUT2D eigenvalue weighted by atomic mass is 9.98. The van der Waals surface area contributed by atoms with Crippen LogP contribution in [0.3, 0.4) is 0 Å². The van der Waals surface area contributed by atoms with Gasteiger partial charge in [-0.15, -0.1) is 0 Å². The van der Waals surface area contributed by atoms with E-state index < -0.39 is 0 Å². The molecule has 2 aromatic carbocycles. The molecule has 0 unspecified atom stereocenters. The Morgan fingerprint density at radius 3 is 2.20 bits per heavy atom. The van der Waals surface area contributed by atoms with Gasteiger partial charge >= 0.3 is 5.63 Å². The Morgan fingerprint density at radius 2 is 1.56 bits per heavy atom. The van der Waals surface area contributed by atoms with Gasteiger partial charge in [0.05, 0.1) is 0 Å². The van der Waals surface area contributed by atoms with Crippen molar-refractivity contribution in [3.8, 4) is 0 Å². The van der Waals surface area contributed by atoms with Gasteiger partial charge < -0.3 is 9.32 Å². The number of anilines is 1. The standard InChI is InChI=1S/C22H23NO2/c1-15(2)20-14-22(24)25-21-13-17(9-12-19(20)21)6-5-16-7-10-18(11-8-16)23(3)4/h5-15H,1-4H3/b6-5+. The molecule has 0 aliphatic rings. The first-order chi connectivity index (χ1) is 11.9. The number of hydrogen-bond acceptors (Lipinski definition) is 3. The smallest absolute Gasteiger partial charge is 0.336 e. The minimum absolute atomic E-state index is 0.281. The Hall–Kier alpha value is -2.81. The molecule has 0 N–H and O–H groups in total. The Labute approximate surface area is 148 Å². The van der Waals surface area contributed by atoms with E-state index in [2.05, 4.69) is 55.2 Å².